The summed E-state index contributed by atoms with van der Waals surface area (Å²) in [6.45, 7) is 4.70. The lowest BCUT2D eigenvalue weighted by Crippen LogP contribution is -2.47. The third kappa shape index (κ3) is 4.19. The third-order valence-electron chi connectivity index (χ3n) is 5.62. The second-order valence-electron chi connectivity index (χ2n) is 7.58. The van der Waals surface area contributed by atoms with Crippen molar-refractivity contribution in [3.05, 3.63) is 0 Å². The molecule has 3 rings (SSSR count). The topological polar surface area (TPSA) is 35.5 Å². The molecule has 3 aliphatic rings. The number of likely N-dealkylation sites (tertiary alicyclic amines) is 1. The third-order valence-corrected chi connectivity index (χ3v) is 5.62. The highest BCUT2D eigenvalue weighted by Crippen LogP contribution is 2.37. The standard InChI is InChI=1S/C17H32N2O/c20-16-7-11-19(12-8-16)14-17(13-18-15-5-6-15)9-3-1-2-4-10-17/h15-16,18,20H,1-14H2. The predicted octanol–water partition coefficient (Wildman–Crippen LogP) is 2.54. The molecular weight excluding hydrogens is 248 g/mol. The maximum absolute atomic E-state index is 9.69. The van der Waals surface area contributed by atoms with Gasteiger partial charge in [0.25, 0.3) is 0 Å². The molecule has 20 heavy (non-hydrogen) atoms. The van der Waals surface area contributed by atoms with E-state index >= 15 is 0 Å². The van der Waals surface area contributed by atoms with Crippen molar-refractivity contribution < 1.29 is 5.11 Å². The normalized spacial score (nSPS) is 29.2. The number of aliphatic hydroxyl groups excluding tert-OH is 1. The van der Waals surface area contributed by atoms with Gasteiger partial charge in [0.1, 0.15) is 0 Å². The quantitative estimate of drug-likeness (QED) is 0.760. The molecule has 0 unspecified atom stereocenters. The predicted molar refractivity (Wildman–Crippen MR) is 82.8 cm³/mol. The van der Waals surface area contributed by atoms with E-state index in [9.17, 15) is 5.11 Å². The lowest BCUT2D eigenvalue weighted by atomic mass is 9.79. The zero-order valence-electron chi connectivity index (χ0n) is 12.9. The lowest BCUT2D eigenvalue weighted by molar-refractivity contribution is 0.0503. The molecule has 0 aromatic rings. The Hall–Kier alpha value is -0.120. The molecule has 0 amide bonds. The van der Waals surface area contributed by atoms with Gasteiger partial charge in [0, 0.05) is 32.2 Å². The Bertz CT molecular complexity index is 287. The molecule has 0 atom stereocenters. The second kappa shape index (κ2) is 6.76. The first-order valence-corrected chi connectivity index (χ1v) is 8.90. The van der Waals surface area contributed by atoms with Crippen LogP contribution in [0.1, 0.15) is 64.2 Å². The summed E-state index contributed by atoms with van der Waals surface area (Å²) in [4.78, 5) is 2.63. The Morgan fingerprint density at radius 3 is 2.20 bits per heavy atom. The van der Waals surface area contributed by atoms with Crippen molar-refractivity contribution in [2.75, 3.05) is 26.2 Å². The van der Waals surface area contributed by atoms with E-state index in [1.54, 1.807) is 0 Å². The number of nitrogens with zero attached hydrogens (tertiary/aromatic N) is 1. The van der Waals surface area contributed by atoms with E-state index in [2.05, 4.69) is 10.2 Å². The van der Waals surface area contributed by atoms with Gasteiger partial charge < -0.3 is 15.3 Å². The summed E-state index contributed by atoms with van der Waals surface area (Å²) in [7, 11) is 0. The highest BCUT2D eigenvalue weighted by Gasteiger charge is 2.35. The lowest BCUT2D eigenvalue weighted by Gasteiger charge is -2.40. The van der Waals surface area contributed by atoms with Crippen molar-refractivity contribution in [2.24, 2.45) is 5.41 Å². The summed E-state index contributed by atoms with van der Waals surface area (Å²) < 4.78 is 0. The molecule has 3 fully saturated rings. The first-order valence-electron chi connectivity index (χ1n) is 8.90. The van der Waals surface area contributed by atoms with Crippen LogP contribution in [-0.4, -0.2) is 48.3 Å². The number of hydrogen-bond acceptors (Lipinski definition) is 3. The average molecular weight is 280 g/mol. The molecule has 0 aromatic heterocycles. The van der Waals surface area contributed by atoms with Gasteiger partial charge in [0.2, 0.25) is 0 Å². The number of aliphatic hydroxyl groups is 1. The molecule has 116 valence electrons. The SMILES string of the molecule is OC1CCN(CC2(CNC3CC3)CCCCCC2)CC1. The van der Waals surface area contributed by atoms with E-state index in [-0.39, 0.29) is 6.10 Å². The first-order chi connectivity index (χ1) is 9.76. The van der Waals surface area contributed by atoms with Crippen molar-refractivity contribution >= 4 is 0 Å². The molecule has 1 heterocycles. The van der Waals surface area contributed by atoms with Crippen LogP contribution < -0.4 is 5.32 Å². The molecule has 0 spiro atoms. The molecule has 2 aliphatic carbocycles. The Morgan fingerprint density at radius 2 is 1.60 bits per heavy atom. The van der Waals surface area contributed by atoms with E-state index in [0.29, 0.717) is 5.41 Å². The minimum Gasteiger partial charge on any atom is -0.393 e. The summed E-state index contributed by atoms with van der Waals surface area (Å²) >= 11 is 0. The smallest absolute Gasteiger partial charge is 0.0564 e. The van der Waals surface area contributed by atoms with Crippen LogP contribution >= 0.6 is 0 Å². The summed E-state index contributed by atoms with van der Waals surface area (Å²) in [5.41, 5.74) is 0.515. The summed E-state index contributed by atoms with van der Waals surface area (Å²) in [6, 6.07) is 0.832. The Labute approximate surface area is 124 Å². The van der Waals surface area contributed by atoms with Crippen LogP contribution in [0, 0.1) is 5.41 Å². The van der Waals surface area contributed by atoms with Gasteiger partial charge in [-0.3, -0.25) is 0 Å². The van der Waals surface area contributed by atoms with Crippen LogP contribution in [-0.2, 0) is 0 Å². The van der Waals surface area contributed by atoms with Crippen molar-refractivity contribution in [3.63, 3.8) is 0 Å². The maximum atomic E-state index is 9.69. The highest BCUT2D eigenvalue weighted by molar-refractivity contribution is 4.91. The van der Waals surface area contributed by atoms with Crippen LogP contribution in [0.4, 0.5) is 0 Å². The van der Waals surface area contributed by atoms with E-state index in [0.717, 1.165) is 32.0 Å². The Kier molecular flexibility index (Phi) is 5.00. The largest absolute Gasteiger partial charge is 0.393 e. The van der Waals surface area contributed by atoms with Crippen molar-refractivity contribution in [1.29, 1.82) is 0 Å². The Morgan fingerprint density at radius 1 is 0.950 bits per heavy atom. The van der Waals surface area contributed by atoms with Crippen molar-refractivity contribution in [3.8, 4) is 0 Å². The number of piperidine rings is 1. The van der Waals surface area contributed by atoms with Gasteiger partial charge in [-0.05, 0) is 43.9 Å². The van der Waals surface area contributed by atoms with Crippen LogP contribution in [0.15, 0.2) is 0 Å². The fourth-order valence-corrected chi connectivity index (χ4v) is 4.07. The van der Waals surface area contributed by atoms with Gasteiger partial charge in [-0.15, -0.1) is 0 Å². The van der Waals surface area contributed by atoms with Crippen LogP contribution in [0.25, 0.3) is 0 Å². The van der Waals surface area contributed by atoms with E-state index in [1.807, 2.05) is 0 Å². The van der Waals surface area contributed by atoms with Gasteiger partial charge in [0.15, 0.2) is 0 Å². The molecule has 0 bridgehead atoms. The molecule has 0 radical (unpaired) electrons. The van der Waals surface area contributed by atoms with Gasteiger partial charge >= 0.3 is 0 Å². The van der Waals surface area contributed by atoms with Crippen LogP contribution in [0.2, 0.25) is 0 Å². The monoisotopic (exact) mass is 280 g/mol. The van der Waals surface area contributed by atoms with Crippen LogP contribution in [0.3, 0.4) is 0 Å². The second-order valence-corrected chi connectivity index (χ2v) is 7.58. The van der Waals surface area contributed by atoms with Crippen LogP contribution in [0.5, 0.6) is 0 Å². The van der Waals surface area contributed by atoms with E-state index < -0.39 is 0 Å². The van der Waals surface area contributed by atoms with Crippen molar-refractivity contribution in [2.45, 2.75) is 76.4 Å². The Balaban J connectivity index is 1.57. The average Bonchev–Trinajstić information content (AvgIpc) is 3.27. The summed E-state index contributed by atoms with van der Waals surface area (Å²) in [6.07, 6.45) is 13.2. The molecule has 3 nitrogen and oxygen atoms in total. The highest BCUT2D eigenvalue weighted by atomic mass is 16.3. The molecule has 3 heteroatoms. The minimum atomic E-state index is -0.0408. The molecule has 1 aliphatic heterocycles. The zero-order chi connectivity index (χ0) is 13.8. The van der Waals surface area contributed by atoms with Gasteiger partial charge in [-0.2, -0.15) is 0 Å². The number of rotatable bonds is 5. The van der Waals surface area contributed by atoms with Gasteiger partial charge in [0.05, 0.1) is 6.10 Å². The zero-order valence-corrected chi connectivity index (χ0v) is 12.9. The number of hydrogen-bond donors (Lipinski definition) is 2. The minimum absolute atomic E-state index is 0.0408. The fourth-order valence-electron chi connectivity index (χ4n) is 4.07. The van der Waals surface area contributed by atoms with Gasteiger partial charge in [-0.1, -0.05) is 25.7 Å². The van der Waals surface area contributed by atoms with E-state index in [4.69, 9.17) is 0 Å². The van der Waals surface area contributed by atoms with E-state index in [1.165, 1.54) is 64.5 Å². The number of nitrogens with one attached hydrogen (secondary N) is 1. The van der Waals surface area contributed by atoms with Crippen molar-refractivity contribution in [1.82, 2.24) is 10.2 Å². The molecule has 2 saturated carbocycles. The maximum Gasteiger partial charge on any atom is 0.0564 e. The first kappa shape index (κ1) is 14.8. The molecular formula is C17H32N2O. The summed E-state index contributed by atoms with van der Waals surface area (Å²) in [5.74, 6) is 0. The molecule has 0 aromatic carbocycles. The van der Waals surface area contributed by atoms with Gasteiger partial charge in [-0.25, -0.2) is 0 Å². The molecule has 1 saturated heterocycles. The summed E-state index contributed by atoms with van der Waals surface area (Å²) in [5, 5.41) is 13.5. The fraction of sp³-hybridized carbons (Fsp3) is 1.00. The molecule has 2 N–H and O–H groups in total.